The molecule has 2 nitrogen and oxygen atoms in total. The lowest BCUT2D eigenvalue weighted by atomic mass is 9.99. The van der Waals surface area contributed by atoms with Crippen LogP contribution in [0.3, 0.4) is 0 Å². The summed E-state index contributed by atoms with van der Waals surface area (Å²) in [5.74, 6) is 0. The zero-order chi connectivity index (χ0) is 12.4. The lowest BCUT2D eigenvalue weighted by molar-refractivity contribution is 0.0422. The summed E-state index contributed by atoms with van der Waals surface area (Å²) >= 11 is 0. The summed E-state index contributed by atoms with van der Waals surface area (Å²) in [6.45, 7) is 0.715. The fraction of sp³-hybridized carbons (Fsp3) is 0.375. The van der Waals surface area contributed by atoms with Gasteiger partial charge in [0.05, 0.1) is 12.2 Å². The van der Waals surface area contributed by atoms with Gasteiger partial charge < -0.3 is 10.5 Å². The van der Waals surface area contributed by atoms with Crippen molar-refractivity contribution in [2.24, 2.45) is 5.73 Å². The molecule has 94 valence electrons. The predicted molar refractivity (Wildman–Crippen MR) is 74.5 cm³/mol. The fourth-order valence-corrected chi connectivity index (χ4v) is 2.86. The molecule has 0 amide bonds. The number of nitrogens with two attached hydrogens (primary N) is 1. The van der Waals surface area contributed by atoms with Crippen LogP contribution in [0, 0.1) is 0 Å². The summed E-state index contributed by atoms with van der Waals surface area (Å²) < 4.78 is 6.12. The average molecular weight is 241 g/mol. The van der Waals surface area contributed by atoms with E-state index in [2.05, 4.69) is 42.5 Å². The maximum absolute atomic E-state index is 6.12. The van der Waals surface area contributed by atoms with Crippen molar-refractivity contribution in [3.05, 3.63) is 48.0 Å². The Hall–Kier alpha value is -1.38. The van der Waals surface area contributed by atoms with E-state index in [4.69, 9.17) is 10.5 Å². The first-order valence-corrected chi connectivity index (χ1v) is 6.71. The molecular formula is C16H19NO. The molecule has 0 aliphatic carbocycles. The van der Waals surface area contributed by atoms with Gasteiger partial charge in [-0.3, -0.25) is 0 Å². The van der Waals surface area contributed by atoms with E-state index in [1.165, 1.54) is 16.3 Å². The van der Waals surface area contributed by atoms with E-state index < -0.39 is 0 Å². The molecular weight excluding hydrogens is 222 g/mol. The molecule has 2 aromatic rings. The molecule has 3 rings (SSSR count). The van der Waals surface area contributed by atoms with Gasteiger partial charge in [0.2, 0.25) is 0 Å². The molecule has 0 spiro atoms. The van der Waals surface area contributed by atoms with E-state index >= 15 is 0 Å². The highest BCUT2D eigenvalue weighted by Crippen LogP contribution is 2.36. The normalized spacial score (nSPS) is 23.6. The van der Waals surface area contributed by atoms with Gasteiger partial charge in [-0.05, 0) is 42.1 Å². The van der Waals surface area contributed by atoms with Gasteiger partial charge in [-0.2, -0.15) is 0 Å². The van der Waals surface area contributed by atoms with E-state index in [0.29, 0.717) is 12.6 Å². The molecule has 1 aliphatic rings. The molecule has 0 saturated carbocycles. The van der Waals surface area contributed by atoms with Gasteiger partial charge in [-0.1, -0.05) is 42.5 Å². The van der Waals surface area contributed by atoms with E-state index in [9.17, 15) is 0 Å². The average Bonchev–Trinajstić information content (AvgIpc) is 2.87. The third kappa shape index (κ3) is 2.14. The largest absolute Gasteiger partial charge is 0.370 e. The Morgan fingerprint density at radius 3 is 2.78 bits per heavy atom. The van der Waals surface area contributed by atoms with Crippen LogP contribution in [0.25, 0.3) is 10.8 Å². The van der Waals surface area contributed by atoms with Gasteiger partial charge >= 0.3 is 0 Å². The Kier molecular flexibility index (Phi) is 3.31. The van der Waals surface area contributed by atoms with Crippen molar-refractivity contribution in [1.29, 1.82) is 0 Å². The number of ether oxygens (including phenoxy) is 1. The van der Waals surface area contributed by atoms with Crippen LogP contribution in [0.2, 0.25) is 0 Å². The number of hydrogen-bond donors (Lipinski definition) is 1. The first-order valence-electron chi connectivity index (χ1n) is 6.71. The highest BCUT2D eigenvalue weighted by atomic mass is 16.5. The van der Waals surface area contributed by atoms with Crippen molar-refractivity contribution < 1.29 is 4.74 Å². The van der Waals surface area contributed by atoms with Crippen molar-refractivity contribution in [1.82, 2.24) is 0 Å². The standard InChI is InChI=1S/C16H19NO/c17-11-10-13-8-9-16(18-13)15-7-3-5-12-4-1-2-6-14(12)15/h1-7,13,16H,8-11,17H2. The van der Waals surface area contributed by atoms with E-state index in [1.807, 2.05) is 0 Å². The lowest BCUT2D eigenvalue weighted by Crippen LogP contribution is -2.12. The third-order valence-corrected chi connectivity index (χ3v) is 3.77. The Morgan fingerprint density at radius 1 is 1.06 bits per heavy atom. The summed E-state index contributed by atoms with van der Waals surface area (Å²) in [4.78, 5) is 0. The molecule has 2 N–H and O–H groups in total. The Labute approximate surface area is 108 Å². The summed E-state index contributed by atoms with van der Waals surface area (Å²) in [5.41, 5.74) is 6.93. The van der Waals surface area contributed by atoms with Crippen LogP contribution in [0.4, 0.5) is 0 Å². The molecule has 18 heavy (non-hydrogen) atoms. The minimum Gasteiger partial charge on any atom is -0.370 e. The zero-order valence-electron chi connectivity index (χ0n) is 10.5. The van der Waals surface area contributed by atoms with Crippen LogP contribution >= 0.6 is 0 Å². The molecule has 2 heteroatoms. The predicted octanol–water partition coefficient (Wildman–Crippen LogP) is 3.41. The van der Waals surface area contributed by atoms with Crippen molar-refractivity contribution in [2.75, 3.05) is 6.54 Å². The fourth-order valence-electron chi connectivity index (χ4n) is 2.86. The molecule has 1 aliphatic heterocycles. The SMILES string of the molecule is NCCC1CCC(c2cccc3ccccc23)O1. The minimum atomic E-state index is 0.243. The van der Waals surface area contributed by atoms with Crippen LogP contribution in [0.15, 0.2) is 42.5 Å². The molecule has 0 bridgehead atoms. The molecule has 2 unspecified atom stereocenters. The zero-order valence-corrected chi connectivity index (χ0v) is 10.5. The smallest absolute Gasteiger partial charge is 0.0835 e. The summed E-state index contributed by atoms with van der Waals surface area (Å²) in [6.07, 6.45) is 3.80. The van der Waals surface area contributed by atoms with Crippen LogP contribution < -0.4 is 5.73 Å². The molecule has 2 atom stereocenters. The van der Waals surface area contributed by atoms with Gasteiger partial charge in [0.25, 0.3) is 0 Å². The highest BCUT2D eigenvalue weighted by Gasteiger charge is 2.26. The van der Waals surface area contributed by atoms with E-state index in [0.717, 1.165) is 19.3 Å². The number of benzene rings is 2. The second kappa shape index (κ2) is 5.09. The highest BCUT2D eigenvalue weighted by molar-refractivity contribution is 5.86. The van der Waals surface area contributed by atoms with Crippen LogP contribution in [-0.4, -0.2) is 12.6 Å². The first kappa shape index (κ1) is 11.7. The van der Waals surface area contributed by atoms with E-state index in [-0.39, 0.29) is 6.10 Å². The van der Waals surface area contributed by atoms with Gasteiger partial charge in [-0.25, -0.2) is 0 Å². The summed E-state index contributed by atoms with van der Waals surface area (Å²) in [5, 5.41) is 2.61. The van der Waals surface area contributed by atoms with Gasteiger partial charge in [-0.15, -0.1) is 0 Å². The van der Waals surface area contributed by atoms with Gasteiger partial charge in [0.15, 0.2) is 0 Å². The topological polar surface area (TPSA) is 35.2 Å². The quantitative estimate of drug-likeness (QED) is 0.893. The van der Waals surface area contributed by atoms with Crippen LogP contribution in [-0.2, 0) is 4.74 Å². The van der Waals surface area contributed by atoms with Crippen molar-refractivity contribution >= 4 is 10.8 Å². The Balaban J connectivity index is 1.91. The molecule has 1 fully saturated rings. The van der Waals surface area contributed by atoms with Crippen LogP contribution in [0.5, 0.6) is 0 Å². The van der Waals surface area contributed by atoms with Crippen LogP contribution in [0.1, 0.15) is 30.9 Å². The summed E-state index contributed by atoms with van der Waals surface area (Å²) in [7, 11) is 0. The first-order chi connectivity index (χ1) is 8.88. The number of hydrogen-bond acceptors (Lipinski definition) is 2. The van der Waals surface area contributed by atoms with Gasteiger partial charge in [0.1, 0.15) is 0 Å². The third-order valence-electron chi connectivity index (χ3n) is 3.77. The maximum atomic E-state index is 6.12. The minimum absolute atomic E-state index is 0.243. The maximum Gasteiger partial charge on any atom is 0.0835 e. The van der Waals surface area contributed by atoms with E-state index in [1.54, 1.807) is 0 Å². The van der Waals surface area contributed by atoms with Crippen molar-refractivity contribution in [2.45, 2.75) is 31.5 Å². The Morgan fingerprint density at radius 2 is 1.89 bits per heavy atom. The number of fused-ring (bicyclic) bond motifs is 1. The molecule has 0 radical (unpaired) electrons. The number of rotatable bonds is 3. The molecule has 1 heterocycles. The second-order valence-electron chi connectivity index (χ2n) is 4.97. The van der Waals surface area contributed by atoms with Gasteiger partial charge in [0, 0.05) is 0 Å². The second-order valence-corrected chi connectivity index (χ2v) is 4.97. The molecule has 2 aromatic carbocycles. The van der Waals surface area contributed by atoms with Crippen molar-refractivity contribution in [3.8, 4) is 0 Å². The molecule has 0 aromatic heterocycles. The Bertz CT molecular complexity index is 532. The lowest BCUT2D eigenvalue weighted by Gasteiger charge is -2.15. The summed E-state index contributed by atoms with van der Waals surface area (Å²) in [6, 6.07) is 15.0. The molecule has 1 saturated heterocycles. The monoisotopic (exact) mass is 241 g/mol. The van der Waals surface area contributed by atoms with Crippen molar-refractivity contribution in [3.63, 3.8) is 0 Å².